The third kappa shape index (κ3) is 7.46. The Labute approximate surface area is 155 Å². The molecular formula is C19H30BF4OP. The van der Waals surface area contributed by atoms with Crippen molar-refractivity contribution in [2.75, 3.05) is 7.11 Å². The number of rotatable bonds is 4. The standard InChI is InChI=1S/C19H29OP.BF4/c1-20-16-9-8-14-19(15-16)21(17-10-4-2-5-11-17)18-12-6-3-7-13-18;2-1(3,4)5/h8-9,14-15,17-18H,2-7,10-13H2,1H3;/q;-1/p+1. The lowest BCUT2D eigenvalue weighted by molar-refractivity contribution is 0.368. The van der Waals surface area contributed by atoms with Gasteiger partial charge in [-0.1, -0.05) is 18.9 Å². The molecule has 2 aliphatic rings. The minimum atomic E-state index is -6.00. The number of hydrogen-bond donors (Lipinski definition) is 0. The Hall–Kier alpha value is -0.765. The molecular weight excluding hydrogens is 362 g/mol. The summed E-state index contributed by atoms with van der Waals surface area (Å²) in [5.74, 6) is 1.06. The Kier molecular flexibility index (Phi) is 8.73. The van der Waals surface area contributed by atoms with Crippen molar-refractivity contribution in [3.63, 3.8) is 0 Å². The fourth-order valence-electron chi connectivity index (χ4n) is 4.43. The van der Waals surface area contributed by atoms with Crippen molar-refractivity contribution in [2.45, 2.75) is 75.5 Å². The number of ether oxygens (including phenoxy) is 1. The Morgan fingerprint density at radius 2 is 1.31 bits per heavy atom. The van der Waals surface area contributed by atoms with Crippen LogP contribution < -0.4 is 10.0 Å². The molecule has 0 atom stereocenters. The van der Waals surface area contributed by atoms with Gasteiger partial charge in [0.05, 0.1) is 23.7 Å². The summed E-state index contributed by atoms with van der Waals surface area (Å²) in [5, 5.41) is 1.65. The van der Waals surface area contributed by atoms with E-state index in [1.165, 1.54) is 64.2 Å². The van der Waals surface area contributed by atoms with Gasteiger partial charge in [0.1, 0.15) is 5.75 Å². The van der Waals surface area contributed by atoms with Crippen LogP contribution in [0.5, 0.6) is 5.75 Å². The van der Waals surface area contributed by atoms with Crippen LogP contribution in [0.3, 0.4) is 0 Å². The van der Waals surface area contributed by atoms with Crippen LogP contribution in [0.1, 0.15) is 64.2 Å². The molecule has 148 valence electrons. The van der Waals surface area contributed by atoms with E-state index in [4.69, 9.17) is 4.74 Å². The maximum Gasteiger partial charge on any atom is 0.673 e. The minimum absolute atomic E-state index is 0.435. The molecule has 0 bridgehead atoms. The van der Waals surface area contributed by atoms with Gasteiger partial charge in [0.25, 0.3) is 0 Å². The highest BCUT2D eigenvalue weighted by molar-refractivity contribution is 7.67. The van der Waals surface area contributed by atoms with Gasteiger partial charge in [-0.3, -0.25) is 0 Å². The first-order chi connectivity index (χ1) is 12.4. The average molecular weight is 392 g/mol. The summed E-state index contributed by atoms with van der Waals surface area (Å²) in [7, 11) is -4.64. The summed E-state index contributed by atoms with van der Waals surface area (Å²) in [6.45, 7) is 0. The monoisotopic (exact) mass is 392 g/mol. The lowest BCUT2D eigenvalue weighted by atomic mass is 9.99. The Bertz CT molecular complexity index is 505. The Balaban J connectivity index is 0.000000431. The zero-order valence-corrected chi connectivity index (χ0v) is 16.5. The molecule has 0 saturated heterocycles. The van der Waals surface area contributed by atoms with Crippen molar-refractivity contribution in [2.24, 2.45) is 0 Å². The van der Waals surface area contributed by atoms with Crippen LogP contribution in [0.25, 0.3) is 0 Å². The van der Waals surface area contributed by atoms with E-state index in [0.29, 0.717) is 0 Å². The lowest BCUT2D eigenvalue weighted by Crippen LogP contribution is -2.26. The predicted molar refractivity (Wildman–Crippen MR) is 105 cm³/mol. The van der Waals surface area contributed by atoms with E-state index in [2.05, 4.69) is 24.3 Å². The molecule has 1 aromatic carbocycles. The van der Waals surface area contributed by atoms with E-state index in [0.717, 1.165) is 17.1 Å². The van der Waals surface area contributed by atoms with Gasteiger partial charge in [0, 0.05) is 14.0 Å². The zero-order chi connectivity index (χ0) is 19.0. The van der Waals surface area contributed by atoms with Crippen LogP contribution in [0, 0.1) is 0 Å². The number of benzene rings is 1. The molecule has 0 amide bonds. The third-order valence-electron chi connectivity index (χ3n) is 5.49. The summed E-state index contributed by atoms with van der Waals surface area (Å²) in [4.78, 5) is 0. The highest BCUT2D eigenvalue weighted by Gasteiger charge is 2.39. The van der Waals surface area contributed by atoms with Crippen LogP contribution in [0.15, 0.2) is 24.3 Å². The van der Waals surface area contributed by atoms with Gasteiger partial charge in [-0.15, -0.1) is 0 Å². The molecule has 26 heavy (non-hydrogen) atoms. The zero-order valence-electron chi connectivity index (χ0n) is 15.5. The topological polar surface area (TPSA) is 9.23 Å². The largest absolute Gasteiger partial charge is 0.673 e. The van der Waals surface area contributed by atoms with Crippen molar-refractivity contribution < 1.29 is 22.0 Å². The maximum atomic E-state index is 9.75. The fraction of sp³-hybridized carbons (Fsp3) is 0.684. The van der Waals surface area contributed by atoms with Crippen molar-refractivity contribution in [3.8, 4) is 5.75 Å². The summed E-state index contributed by atoms with van der Waals surface area (Å²) < 4.78 is 44.5. The van der Waals surface area contributed by atoms with Crippen LogP contribution in [-0.2, 0) is 0 Å². The minimum Gasteiger partial charge on any atom is -0.497 e. The van der Waals surface area contributed by atoms with E-state index < -0.39 is 15.2 Å². The molecule has 0 radical (unpaired) electrons. The van der Waals surface area contributed by atoms with Crippen LogP contribution in [0.4, 0.5) is 17.3 Å². The first kappa shape index (κ1) is 21.5. The smallest absolute Gasteiger partial charge is 0.497 e. The highest BCUT2D eigenvalue weighted by atomic mass is 31.1. The molecule has 1 aromatic rings. The van der Waals surface area contributed by atoms with Gasteiger partial charge in [-0.25, -0.2) is 0 Å². The van der Waals surface area contributed by atoms with Gasteiger partial charge >= 0.3 is 7.25 Å². The second-order valence-electron chi connectivity index (χ2n) is 7.35. The molecule has 0 aliphatic heterocycles. The molecule has 0 N–H and O–H groups in total. The molecule has 3 rings (SSSR count). The summed E-state index contributed by atoms with van der Waals surface area (Å²) >= 11 is 0. The van der Waals surface area contributed by atoms with E-state index in [1.807, 2.05) is 0 Å². The molecule has 2 saturated carbocycles. The molecule has 2 aliphatic carbocycles. The van der Waals surface area contributed by atoms with E-state index >= 15 is 0 Å². The maximum absolute atomic E-state index is 9.75. The third-order valence-corrected chi connectivity index (χ3v) is 9.38. The summed E-state index contributed by atoms with van der Waals surface area (Å²) in [5.41, 5.74) is 2.03. The Morgan fingerprint density at radius 3 is 1.73 bits per heavy atom. The lowest BCUT2D eigenvalue weighted by Gasteiger charge is -2.32. The number of hydrogen-bond acceptors (Lipinski definition) is 1. The second-order valence-corrected chi connectivity index (χ2v) is 10.5. The fourth-order valence-corrected chi connectivity index (χ4v) is 8.70. The van der Waals surface area contributed by atoms with Gasteiger partial charge in [-0.2, -0.15) is 0 Å². The van der Waals surface area contributed by atoms with Crippen molar-refractivity contribution in [1.29, 1.82) is 0 Å². The number of halogens is 4. The molecule has 1 nitrogen and oxygen atoms in total. The summed E-state index contributed by atoms with van der Waals surface area (Å²) in [6, 6.07) is 9.08. The van der Waals surface area contributed by atoms with E-state index in [9.17, 15) is 17.3 Å². The molecule has 0 aromatic heterocycles. The quantitative estimate of drug-likeness (QED) is 0.323. The van der Waals surface area contributed by atoms with Gasteiger partial charge in [-0.05, 0) is 63.5 Å². The van der Waals surface area contributed by atoms with Crippen LogP contribution >= 0.6 is 7.92 Å². The molecule has 0 heterocycles. The SMILES string of the molecule is COc1cccc([PH+](C2CCCCC2)C2CCCCC2)c1.F[B-](F)(F)F. The Morgan fingerprint density at radius 1 is 0.846 bits per heavy atom. The first-order valence-corrected chi connectivity index (χ1v) is 11.4. The van der Waals surface area contributed by atoms with Gasteiger partial charge < -0.3 is 22.0 Å². The van der Waals surface area contributed by atoms with Crippen LogP contribution in [-0.4, -0.2) is 25.7 Å². The highest BCUT2D eigenvalue weighted by Crippen LogP contribution is 2.55. The molecule has 0 unspecified atom stereocenters. The molecule has 0 spiro atoms. The first-order valence-electron chi connectivity index (χ1n) is 9.77. The van der Waals surface area contributed by atoms with E-state index in [-0.39, 0.29) is 0 Å². The van der Waals surface area contributed by atoms with Crippen molar-refractivity contribution in [1.82, 2.24) is 0 Å². The van der Waals surface area contributed by atoms with Crippen LogP contribution in [0.2, 0.25) is 0 Å². The number of methoxy groups -OCH3 is 1. The van der Waals surface area contributed by atoms with Crippen molar-refractivity contribution >= 4 is 20.5 Å². The van der Waals surface area contributed by atoms with Gasteiger partial charge in [0.2, 0.25) is 0 Å². The normalized spacial score (nSPS) is 19.8. The van der Waals surface area contributed by atoms with E-state index in [1.54, 1.807) is 12.4 Å². The molecule has 2 fully saturated rings. The summed E-state index contributed by atoms with van der Waals surface area (Å²) in [6.07, 6.45) is 14.8. The van der Waals surface area contributed by atoms with Crippen molar-refractivity contribution in [3.05, 3.63) is 24.3 Å². The molecule has 7 heteroatoms. The average Bonchev–Trinajstić information content (AvgIpc) is 2.63. The van der Waals surface area contributed by atoms with Gasteiger partial charge in [0.15, 0.2) is 0 Å². The predicted octanol–water partition coefficient (Wildman–Crippen LogP) is 6.50. The second kappa shape index (κ2) is 10.5.